The third-order valence-electron chi connectivity index (χ3n) is 3.64. The normalized spacial score (nSPS) is 10.6. The van der Waals surface area contributed by atoms with Crippen molar-refractivity contribution in [1.82, 2.24) is 14.7 Å². The zero-order chi connectivity index (χ0) is 16.9. The zero-order valence-corrected chi connectivity index (χ0v) is 13.7. The quantitative estimate of drug-likeness (QED) is 0.707. The van der Waals surface area contributed by atoms with Crippen LogP contribution in [-0.4, -0.2) is 35.6 Å². The van der Waals surface area contributed by atoms with E-state index in [9.17, 15) is 4.79 Å². The van der Waals surface area contributed by atoms with E-state index in [1.54, 1.807) is 11.5 Å². The van der Waals surface area contributed by atoms with E-state index in [2.05, 4.69) is 10.3 Å². The second kappa shape index (κ2) is 7.04. The number of benzene rings is 1. The summed E-state index contributed by atoms with van der Waals surface area (Å²) in [6.45, 7) is 2.62. The Hall–Kier alpha value is -3.02. The van der Waals surface area contributed by atoms with Gasteiger partial charge in [0.05, 0.1) is 19.3 Å². The van der Waals surface area contributed by atoms with Gasteiger partial charge < -0.3 is 14.8 Å². The van der Waals surface area contributed by atoms with Crippen molar-refractivity contribution in [3.8, 4) is 11.5 Å². The van der Waals surface area contributed by atoms with Crippen molar-refractivity contribution in [3.63, 3.8) is 0 Å². The number of fused-ring (bicyclic) bond motifs is 1. The number of hydrogen-bond donors (Lipinski definition) is 1. The minimum Gasteiger partial charge on any atom is -0.497 e. The van der Waals surface area contributed by atoms with Gasteiger partial charge in [0.25, 0.3) is 5.91 Å². The van der Waals surface area contributed by atoms with Crippen LogP contribution in [0.25, 0.3) is 5.65 Å². The fourth-order valence-corrected chi connectivity index (χ4v) is 2.48. The van der Waals surface area contributed by atoms with E-state index in [4.69, 9.17) is 9.47 Å². The number of methoxy groups -OCH3 is 1. The standard InChI is InChI=1S/C18H19N3O3/c1-13-17(21-11-4-3-5-16(21)20-13)18(22)19-10-12-24-15-8-6-14(23-2)7-9-15/h3-9,11H,10,12H2,1-2H3,(H,19,22). The molecular formula is C18H19N3O3. The molecule has 24 heavy (non-hydrogen) atoms. The van der Waals surface area contributed by atoms with Crippen LogP contribution in [-0.2, 0) is 0 Å². The molecule has 6 heteroatoms. The van der Waals surface area contributed by atoms with Gasteiger partial charge in [0.15, 0.2) is 0 Å². The molecule has 6 nitrogen and oxygen atoms in total. The van der Waals surface area contributed by atoms with Gasteiger partial charge in [-0.15, -0.1) is 0 Å². The summed E-state index contributed by atoms with van der Waals surface area (Å²) in [4.78, 5) is 16.8. The molecule has 0 saturated heterocycles. The molecule has 1 aromatic carbocycles. The summed E-state index contributed by atoms with van der Waals surface area (Å²) in [6.07, 6.45) is 1.83. The molecule has 0 atom stereocenters. The van der Waals surface area contributed by atoms with Crippen LogP contribution in [0.5, 0.6) is 11.5 Å². The van der Waals surface area contributed by atoms with Gasteiger partial charge in [-0.25, -0.2) is 4.98 Å². The molecule has 0 fully saturated rings. The topological polar surface area (TPSA) is 64.9 Å². The van der Waals surface area contributed by atoms with E-state index in [-0.39, 0.29) is 5.91 Å². The van der Waals surface area contributed by atoms with Crippen molar-refractivity contribution in [2.75, 3.05) is 20.3 Å². The number of nitrogens with zero attached hydrogens (tertiary/aromatic N) is 2. The summed E-state index contributed by atoms with van der Waals surface area (Å²) < 4.78 is 12.5. The Bertz CT molecular complexity index is 840. The third-order valence-corrected chi connectivity index (χ3v) is 3.64. The van der Waals surface area contributed by atoms with Gasteiger partial charge in [-0.2, -0.15) is 0 Å². The number of aromatic nitrogens is 2. The van der Waals surface area contributed by atoms with Crippen LogP contribution in [0.4, 0.5) is 0 Å². The SMILES string of the molecule is COc1ccc(OCCNC(=O)c2c(C)nc3ccccn23)cc1. The average molecular weight is 325 g/mol. The Morgan fingerprint density at radius 1 is 1.17 bits per heavy atom. The van der Waals surface area contributed by atoms with Gasteiger partial charge >= 0.3 is 0 Å². The molecule has 0 saturated carbocycles. The van der Waals surface area contributed by atoms with E-state index < -0.39 is 0 Å². The molecule has 0 bridgehead atoms. The third kappa shape index (κ3) is 3.32. The number of rotatable bonds is 6. The fraction of sp³-hybridized carbons (Fsp3) is 0.222. The Kier molecular flexibility index (Phi) is 4.65. The highest BCUT2D eigenvalue weighted by molar-refractivity contribution is 5.94. The van der Waals surface area contributed by atoms with Gasteiger partial charge in [-0.1, -0.05) is 6.07 Å². The maximum Gasteiger partial charge on any atom is 0.270 e. The number of carbonyl (C=O) groups excluding carboxylic acids is 1. The smallest absolute Gasteiger partial charge is 0.270 e. The molecule has 0 unspecified atom stereocenters. The van der Waals surface area contributed by atoms with Gasteiger partial charge in [0.1, 0.15) is 29.4 Å². The van der Waals surface area contributed by atoms with E-state index in [0.717, 1.165) is 17.1 Å². The highest BCUT2D eigenvalue weighted by Crippen LogP contribution is 2.16. The number of amides is 1. The van der Waals surface area contributed by atoms with Crippen molar-refractivity contribution in [1.29, 1.82) is 0 Å². The highest BCUT2D eigenvalue weighted by atomic mass is 16.5. The Morgan fingerprint density at radius 2 is 1.92 bits per heavy atom. The number of ether oxygens (including phenoxy) is 2. The lowest BCUT2D eigenvalue weighted by Gasteiger charge is -2.09. The summed E-state index contributed by atoms with van der Waals surface area (Å²) in [7, 11) is 1.62. The molecule has 0 radical (unpaired) electrons. The number of carbonyl (C=O) groups is 1. The molecule has 2 heterocycles. The zero-order valence-electron chi connectivity index (χ0n) is 13.7. The van der Waals surface area contributed by atoms with Crippen LogP contribution in [0.1, 0.15) is 16.2 Å². The Labute approximate surface area is 140 Å². The van der Waals surface area contributed by atoms with Crippen molar-refractivity contribution in [3.05, 3.63) is 60.0 Å². The molecule has 3 rings (SSSR count). The first-order valence-electron chi connectivity index (χ1n) is 7.68. The largest absolute Gasteiger partial charge is 0.497 e. The van der Waals surface area contributed by atoms with Crippen molar-refractivity contribution < 1.29 is 14.3 Å². The van der Waals surface area contributed by atoms with E-state index >= 15 is 0 Å². The number of imidazole rings is 1. The average Bonchev–Trinajstić information content (AvgIpc) is 2.95. The predicted octanol–water partition coefficient (Wildman–Crippen LogP) is 2.46. The van der Waals surface area contributed by atoms with Crippen molar-refractivity contribution in [2.24, 2.45) is 0 Å². The monoisotopic (exact) mass is 325 g/mol. The molecule has 0 aliphatic carbocycles. The first kappa shape index (κ1) is 15.9. The number of hydrogen-bond acceptors (Lipinski definition) is 4. The van der Waals surface area contributed by atoms with Gasteiger partial charge in [0.2, 0.25) is 0 Å². The molecule has 1 N–H and O–H groups in total. The summed E-state index contributed by atoms with van der Waals surface area (Å²) in [6, 6.07) is 13.0. The van der Waals surface area contributed by atoms with Crippen LogP contribution in [0.3, 0.4) is 0 Å². The second-order valence-electron chi connectivity index (χ2n) is 5.25. The molecule has 0 spiro atoms. The number of aryl methyl sites for hydroxylation is 1. The Balaban J connectivity index is 1.56. The van der Waals surface area contributed by atoms with Gasteiger partial charge in [-0.3, -0.25) is 9.20 Å². The van der Waals surface area contributed by atoms with Crippen molar-refractivity contribution in [2.45, 2.75) is 6.92 Å². The minimum atomic E-state index is -0.162. The maximum absolute atomic E-state index is 12.4. The summed E-state index contributed by atoms with van der Waals surface area (Å²) >= 11 is 0. The van der Waals surface area contributed by atoms with Crippen LogP contribution in [0.2, 0.25) is 0 Å². The summed E-state index contributed by atoms with van der Waals surface area (Å²) in [5, 5.41) is 2.86. The Morgan fingerprint density at radius 3 is 2.67 bits per heavy atom. The molecule has 0 aliphatic heterocycles. The van der Waals surface area contributed by atoms with Crippen LogP contribution < -0.4 is 14.8 Å². The van der Waals surface area contributed by atoms with Crippen molar-refractivity contribution >= 4 is 11.6 Å². The number of nitrogens with one attached hydrogen (secondary N) is 1. The second-order valence-corrected chi connectivity index (χ2v) is 5.25. The van der Waals surface area contributed by atoms with Gasteiger partial charge in [0, 0.05) is 6.20 Å². The molecule has 124 valence electrons. The van der Waals surface area contributed by atoms with E-state index in [1.807, 2.05) is 55.6 Å². The summed E-state index contributed by atoms with van der Waals surface area (Å²) in [5.74, 6) is 1.35. The lowest BCUT2D eigenvalue weighted by atomic mass is 10.3. The lowest BCUT2D eigenvalue weighted by Crippen LogP contribution is -2.29. The molecule has 1 amide bonds. The fourth-order valence-electron chi connectivity index (χ4n) is 2.48. The summed E-state index contributed by atoms with van der Waals surface area (Å²) in [5.41, 5.74) is 2.01. The van der Waals surface area contributed by atoms with Crippen LogP contribution in [0.15, 0.2) is 48.7 Å². The number of pyridine rings is 1. The molecular weight excluding hydrogens is 306 g/mol. The molecule has 3 aromatic rings. The maximum atomic E-state index is 12.4. The molecule has 0 aliphatic rings. The molecule has 2 aromatic heterocycles. The van der Waals surface area contributed by atoms with E-state index in [1.165, 1.54) is 0 Å². The predicted molar refractivity (Wildman–Crippen MR) is 90.8 cm³/mol. The first-order valence-corrected chi connectivity index (χ1v) is 7.68. The lowest BCUT2D eigenvalue weighted by molar-refractivity contribution is 0.0940. The van der Waals surface area contributed by atoms with Gasteiger partial charge in [-0.05, 0) is 43.3 Å². The highest BCUT2D eigenvalue weighted by Gasteiger charge is 2.15. The minimum absolute atomic E-state index is 0.162. The van der Waals surface area contributed by atoms with Crippen LogP contribution >= 0.6 is 0 Å². The first-order chi connectivity index (χ1) is 11.7. The van der Waals surface area contributed by atoms with E-state index in [0.29, 0.717) is 24.5 Å². The van der Waals surface area contributed by atoms with Crippen LogP contribution in [0, 0.1) is 6.92 Å².